The largest absolute Gasteiger partial charge is 0.314 e. The van der Waals surface area contributed by atoms with Crippen LogP contribution in [0.4, 0.5) is 0 Å². The molecular weight excluding hydrogens is 238 g/mol. The monoisotopic (exact) mass is 261 g/mol. The molecule has 0 aromatic rings. The zero-order valence-corrected chi connectivity index (χ0v) is 11.5. The molecule has 2 atom stereocenters. The van der Waals surface area contributed by atoms with Gasteiger partial charge >= 0.3 is 0 Å². The zero-order valence-electron chi connectivity index (χ0n) is 10.7. The van der Waals surface area contributed by atoms with Crippen molar-refractivity contribution < 1.29 is 8.42 Å². The van der Waals surface area contributed by atoms with Gasteiger partial charge in [-0.1, -0.05) is 13.8 Å². The van der Waals surface area contributed by atoms with E-state index in [1.165, 1.54) is 0 Å². The zero-order chi connectivity index (χ0) is 12.5. The molecule has 2 heterocycles. The van der Waals surface area contributed by atoms with E-state index in [1.54, 1.807) is 8.61 Å². The highest BCUT2D eigenvalue weighted by molar-refractivity contribution is 7.86. The maximum absolute atomic E-state index is 12.5. The Balaban J connectivity index is 2.08. The molecule has 5 nitrogen and oxygen atoms in total. The average molecular weight is 261 g/mol. The summed E-state index contributed by atoms with van der Waals surface area (Å²) >= 11 is 0. The molecular formula is C11H23N3O2S. The molecule has 2 aliphatic rings. The summed E-state index contributed by atoms with van der Waals surface area (Å²) in [6, 6.07) is 0. The number of hydrogen-bond acceptors (Lipinski definition) is 3. The van der Waals surface area contributed by atoms with Gasteiger partial charge in [-0.2, -0.15) is 17.0 Å². The lowest BCUT2D eigenvalue weighted by Crippen LogP contribution is -2.54. The fourth-order valence-electron chi connectivity index (χ4n) is 2.83. The molecule has 1 N–H and O–H groups in total. The van der Waals surface area contributed by atoms with E-state index in [1.807, 2.05) is 0 Å². The molecule has 6 heteroatoms. The Morgan fingerprint density at radius 1 is 1.00 bits per heavy atom. The molecule has 0 unspecified atom stereocenters. The SMILES string of the molecule is C[C@@H]1C[C@H](C)CN(S(=O)(=O)N2CCNCC2)C1. The average Bonchev–Trinajstić information content (AvgIpc) is 2.29. The minimum Gasteiger partial charge on any atom is -0.314 e. The predicted molar refractivity (Wildman–Crippen MR) is 67.9 cm³/mol. The molecule has 0 aliphatic carbocycles. The smallest absolute Gasteiger partial charge is 0.282 e. The maximum atomic E-state index is 12.5. The van der Waals surface area contributed by atoms with E-state index in [4.69, 9.17) is 0 Å². The van der Waals surface area contributed by atoms with Crippen LogP contribution in [-0.4, -0.2) is 56.3 Å². The van der Waals surface area contributed by atoms with E-state index in [0.29, 0.717) is 38.0 Å². The second-order valence-electron chi connectivity index (χ2n) is 5.42. The molecule has 0 spiro atoms. The second-order valence-corrected chi connectivity index (χ2v) is 7.35. The summed E-state index contributed by atoms with van der Waals surface area (Å²) in [4.78, 5) is 0. The minimum absolute atomic E-state index is 0.469. The highest BCUT2D eigenvalue weighted by Gasteiger charge is 2.35. The van der Waals surface area contributed by atoms with Gasteiger partial charge in [0.1, 0.15) is 0 Å². The van der Waals surface area contributed by atoms with Gasteiger partial charge in [0.05, 0.1) is 0 Å². The molecule has 2 fully saturated rings. The van der Waals surface area contributed by atoms with Gasteiger partial charge in [0.15, 0.2) is 0 Å². The number of nitrogens with one attached hydrogen (secondary N) is 1. The van der Waals surface area contributed by atoms with Crippen LogP contribution in [0.5, 0.6) is 0 Å². The van der Waals surface area contributed by atoms with Gasteiger partial charge < -0.3 is 5.32 Å². The first-order valence-electron chi connectivity index (χ1n) is 6.46. The topological polar surface area (TPSA) is 52.7 Å². The first kappa shape index (κ1) is 13.3. The van der Waals surface area contributed by atoms with Crippen molar-refractivity contribution in [2.24, 2.45) is 11.8 Å². The lowest BCUT2D eigenvalue weighted by Gasteiger charge is -2.38. The molecule has 0 amide bonds. The van der Waals surface area contributed by atoms with Crippen molar-refractivity contribution >= 4 is 10.2 Å². The maximum Gasteiger partial charge on any atom is 0.282 e. The summed E-state index contributed by atoms with van der Waals surface area (Å²) in [6.45, 7) is 8.35. The Morgan fingerprint density at radius 3 is 2.06 bits per heavy atom. The Hall–Kier alpha value is -0.170. The first-order chi connectivity index (χ1) is 8.00. The summed E-state index contributed by atoms with van der Waals surface area (Å²) < 4.78 is 28.2. The van der Waals surface area contributed by atoms with Gasteiger partial charge in [0.2, 0.25) is 0 Å². The van der Waals surface area contributed by atoms with Crippen LogP contribution >= 0.6 is 0 Å². The third-order valence-corrected chi connectivity index (χ3v) is 5.53. The Bertz CT molecular complexity index is 342. The summed E-state index contributed by atoms with van der Waals surface area (Å²) in [6.07, 6.45) is 1.13. The standard InChI is InChI=1S/C11H23N3O2S/c1-10-7-11(2)9-14(8-10)17(15,16)13-5-3-12-4-6-13/h10-12H,3-9H2,1-2H3/t10-,11+. The van der Waals surface area contributed by atoms with Crippen LogP contribution in [0.15, 0.2) is 0 Å². The van der Waals surface area contributed by atoms with Gasteiger partial charge in [-0.3, -0.25) is 0 Å². The predicted octanol–water partition coefficient (Wildman–Crippen LogP) is 0.114. The van der Waals surface area contributed by atoms with E-state index < -0.39 is 10.2 Å². The van der Waals surface area contributed by atoms with Crippen LogP contribution in [0.3, 0.4) is 0 Å². The van der Waals surface area contributed by atoms with Crippen molar-refractivity contribution in [3.05, 3.63) is 0 Å². The third-order valence-electron chi connectivity index (χ3n) is 3.56. The molecule has 0 saturated carbocycles. The van der Waals surface area contributed by atoms with Crippen molar-refractivity contribution in [1.29, 1.82) is 0 Å². The number of nitrogens with zero attached hydrogens (tertiary/aromatic N) is 2. The van der Waals surface area contributed by atoms with Crippen molar-refractivity contribution in [2.45, 2.75) is 20.3 Å². The summed E-state index contributed by atoms with van der Waals surface area (Å²) in [5, 5.41) is 3.18. The first-order valence-corrected chi connectivity index (χ1v) is 7.86. The molecule has 0 bridgehead atoms. The molecule has 0 aromatic carbocycles. The quantitative estimate of drug-likeness (QED) is 0.768. The molecule has 0 aromatic heterocycles. The summed E-state index contributed by atoms with van der Waals surface area (Å²) in [5.41, 5.74) is 0. The Labute approximate surface area is 104 Å². The van der Waals surface area contributed by atoms with E-state index >= 15 is 0 Å². The van der Waals surface area contributed by atoms with Crippen LogP contribution in [0.25, 0.3) is 0 Å². The fraction of sp³-hybridized carbons (Fsp3) is 1.00. The Morgan fingerprint density at radius 2 is 1.53 bits per heavy atom. The van der Waals surface area contributed by atoms with E-state index in [0.717, 1.165) is 19.5 Å². The number of hydrogen-bond donors (Lipinski definition) is 1. The second kappa shape index (κ2) is 5.22. The molecule has 2 aliphatic heterocycles. The number of piperidine rings is 1. The Kier molecular flexibility index (Phi) is 4.07. The lowest BCUT2D eigenvalue weighted by atomic mass is 9.94. The van der Waals surface area contributed by atoms with Gasteiger partial charge in [0, 0.05) is 39.3 Å². The lowest BCUT2D eigenvalue weighted by molar-refractivity contribution is 0.205. The van der Waals surface area contributed by atoms with Crippen LogP contribution in [0.1, 0.15) is 20.3 Å². The van der Waals surface area contributed by atoms with Gasteiger partial charge in [-0.15, -0.1) is 0 Å². The summed E-state index contributed by atoms with van der Waals surface area (Å²) in [7, 11) is -3.22. The molecule has 17 heavy (non-hydrogen) atoms. The van der Waals surface area contributed by atoms with Crippen molar-refractivity contribution in [3.8, 4) is 0 Å². The van der Waals surface area contributed by atoms with Gasteiger partial charge in [0.25, 0.3) is 10.2 Å². The highest BCUT2D eigenvalue weighted by Crippen LogP contribution is 2.24. The van der Waals surface area contributed by atoms with Gasteiger partial charge in [-0.05, 0) is 18.3 Å². The highest BCUT2D eigenvalue weighted by atomic mass is 32.2. The van der Waals surface area contributed by atoms with E-state index in [9.17, 15) is 8.42 Å². The number of piperazine rings is 1. The van der Waals surface area contributed by atoms with E-state index in [-0.39, 0.29) is 0 Å². The van der Waals surface area contributed by atoms with Crippen molar-refractivity contribution in [3.63, 3.8) is 0 Å². The van der Waals surface area contributed by atoms with Crippen LogP contribution in [-0.2, 0) is 10.2 Å². The normalized spacial score (nSPS) is 33.8. The van der Waals surface area contributed by atoms with Crippen molar-refractivity contribution in [2.75, 3.05) is 39.3 Å². The fourth-order valence-corrected chi connectivity index (χ4v) is 4.69. The van der Waals surface area contributed by atoms with Crippen LogP contribution in [0, 0.1) is 11.8 Å². The third kappa shape index (κ3) is 2.99. The molecule has 0 radical (unpaired) electrons. The van der Waals surface area contributed by atoms with Crippen LogP contribution < -0.4 is 5.32 Å². The molecule has 100 valence electrons. The minimum atomic E-state index is -3.22. The van der Waals surface area contributed by atoms with Crippen LogP contribution in [0.2, 0.25) is 0 Å². The van der Waals surface area contributed by atoms with E-state index in [2.05, 4.69) is 19.2 Å². The number of rotatable bonds is 2. The summed E-state index contributed by atoms with van der Waals surface area (Å²) in [5.74, 6) is 0.938. The van der Waals surface area contributed by atoms with Gasteiger partial charge in [-0.25, -0.2) is 0 Å². The van der Waals surface area contributed by atoms with Crippen molar-refractivity contribution in [1.82, 2.24) is 13.9 Å². The molecule has 2 rings (SSSR count). The molecule has 2 saturated heterocycles.